The number of rotatable bonds is 4. The maximum atomic E-state index is 10.9. The number of aryl methyl sites for hydroxylation is 1. The van der Waals surface area contributed by atoms with Crippen LogP contribution in [-0.2, 0) is 6.61 Å². The van der Waals surface area contributed by atoms with Gasteiger partial charge in [-0.3, -0.25) is 0 Å². The quantitative estimate of drug-likeness (QED) is 0.931. The molecule has 1 aromatic carbocycles. The van der Waals surface area contributed by atoms with Gasteiger partial charge in [0.1, 0.15) is 6.61 Å². The van der Waals surface area contributed by atoms with Crippen LogP contribution >= 0.6 is 11.6 Å². The van der Waals surface area contributed by atoms with Crippen molar-refractivity contribution in [1.29, 1.82) is 0 Å². The second-order valence-corrected chi connectivity index (χ2v) is 4.34. The first-order valence-electron chi connectivity index (χ1n) is 5.51. The molecule has 98 valence electrons. The Kier molecular flexibility index (Phi) is 3.97. The van der Waals surface area contributed by atoms with Crippen molar-refractivity contribution in [2.45, 2.75) is 13.5 Å². The second kappa shape index (κ2) is 5.67. The van der Waals surface area contributed by atoms with Crippen molar-refractivity contribution in [2.24, 2.45) is 0 Å². The zero-order chi connectivity index (χ0) is 13.8. The van der Waals surface area contributed by atoms with Gasteiger partial charge < -0.3 is 9.84 Å². The monoisotopic (exact) mass is 278 g/mol. The van der Waals surface area contributed by atoms with Gasteiger partial charge in [-0.05, 0) is 30.7 Å². The highest BCUT2D eigenvalue weighted by Gasteiger charge is 2.09. The van der Waals surface area contributed by atoms with Crippen LogP contribution in [0, 0.1) is 6.92 Å². The van der Waals surface area contributed by atoms with E-state index in [4.69, 9.17) is 21.4 Å². The van der Waals surface area contributed by atoms with E-state index in [1.165, 1.54) is 6.07 Å². The fourth-order valence-electron chi connectivity index (χ4n) is 1.49. The highest BCUT2D eigenvalue weighted by molar-refractivity contribution is 6.30. The lowest BCUT2D eigenvalue weighted by atomic mass is 10.2. The third-order valence-corrected chi connectivity index (χ3v) is 2.54. The molecule has 2 rings (SSSR count). The molecule has 0 unspecified atom stereocenters. The van der Waals surface area contributed by atoms with Gasteiger partial charge in [-0.1, -0.05) is 23.7 Å². The van der Waals surface area contributed by atoms with E-state index in [-0.39, 0.29) is 18.3 Å². The van der Waals surface area contributed by atoms with Crippen molar-refractivity contribution in [3.05, 3.63) is 52.3 Å². The Morgan fingerprint density at radius 2 is 2.16 bits per heavy atom. The highest BCUT2D eigenvalue weighted by Crippen LogP contribution is 2.13. The summed E-state index contributed by atoms with van der Waals surface area (Å²) in [6.07, 6.45) is 0. The smallest absolute Gasteiger partial charge is 0.354 e. The van der Waals surface area contributed by atoms with Crippen LogP contribution in [0.4, 0.5) is 0 Å². The van der Waals surface area contributed by atoms with Crippen LogP contribution in [-0.4, -0.2) is 21.0 Å². The Bertz CT molecular complexity index is 617. The zero-order valence-electron chi connectivity index (χ0n) is 10.1. The number of benzene rings is 1. The maximum absolute atomic E-state index is 10.9. The van der Waals surface area contributed by atoms with Crippen molar-refractivity contribution in [2.75, 3.05) is 0 Å². The molecule has 6 heteroatoms. The van der Waals surface area contributed by atoms with Crippen molar-refractivity contribution in [1.82, 2.24) is 9.97 Å². The molecule has 2 aromatic rings. The Morgan fingerprint density at radius 1 is 1.37 bits per heavy atom. The minimum Gasteiger partial charge on any atom is -0.477 e. The van der Waals surface area contributed by atoms with Crippen molar-refractivity contribution < 1.29 is 14.6 Å². The number of carboxylic acid groups (broad SMARTS) is 1. The number of carboxylic acids is 1. The molecule has 0 saturated carbocycles. The number of nitrogens with zero attached hydrogens (tertiary/aromatic N) is 2. The first kappa shape index (κ1) is 13.3. The molecule has 0 atom stereocenters. The van der Waals surface area contributed by atoms with E-state index in [1.807, 2.05) is 6.07 Å². The van der Waals surface area contributed by atoms with Gasteiger partial charge in [-0.25, -0.2) is 9.78 Å². The molecule has 0 fully saturated rings. The Labute approximate surface area is 114 Å². The maximum Gasteiger partial charge on any atom is 0.354 e. The molecule has 0 radical (unpaired) electrons. The van der Waals surface area contributed by atoms with Crippen LogP contribution in [0.2, 0.25) is 5.02 Å². The van der Waals surface area contributed by atoms with Gasteiger partial charge in [0.05, 0.1) is 0 Å². The van der Waals surface area contributed by atoms with E-state index in [1.54, 1.807) is 25.1 Å². The summed E-state index contributed by atoms with van der Waals surface area (Å²) < 4.78 is 5.37. The van der Waals surface area contributed by atoms with E-state index in [9.17, 15) is 4.79 Å². The van der Waals surface area contributed by atoms with Gasteiger partial charge in [0.2, 0.25) is 0 Å². The van der Waals surface area contributed by atoms with Gasteiger partial charge >= 0.3 is 12.0 Å². The summed E-state index contributed by atoms with van der Waals surface area (Å²) >= 11 is 5.85. The second-order valence-electron chi connectivity index (χ2n) is 3.90. The first-order chi connectivity index (χ1) is 9.04. The van der Waals surface area contributed by atoms with Crippen molar-refractivity contribution in [3.8, 4) is 6.01 Å². The van der Waals surface area contributed by atoms with Gasteiger partial charge in [-0.15, -0.1) is 0 Å². The molecule has 0 saturated heterocycles. The zero-order valence-corrected chi connectivity index (χ0v) is 10.9. The Hall–Kier alpha value is -2.14. The standard InChI is InChI=1S/C13H11ClN2O3/c1-8-5-11(12(17)18)16-13(15-8)19-7-9-3-2-4-10(14)6-9/h2-6H,7H2,1H3,(H,17,18). The lowest BCUT2D eigenvalue weighted by Gasteiger charge is -2.06. The lowest BCUT2D eigenvalue weighted by molar-refractivity contribution is 0.0688. The number of ether oxygens (including phenoxy) is 1. The summed E-state index contributed by atoms with van der Waals surface area (Å²) in [6.45, 7) is 1.91. The van der Waals surface area contributed by atoms with Gasteiger partial charge in [0.15, 0.2) is 5.69 Å². The predicted molar refractivity (Wildman–Crippen MR) is 69.5 cm³/mol. The molecular formula is C13H11ClN2O3. The number of hydrogen-bond donors (Lipinski definition) is 1. The third-order valence-electron chi connectivity index (χ3n) is 2.31. The van der Waals surface area contributed by atoms with Crippen LogP contribution in [0.15, 0.2) is 30.3 Å². The summed E-state index contributed by atoms with van der Waals surface area (Å²) in [5, 5.41) is 9.50. The summed E-state index contributed by atoms with van der Waals surface area (Å²) in [5.74, 6) is -1.11. The number of carbonyl (C=O) groups is 1. The number of aromatic carboxylic acids is 1. The molecule has 0 aliphatic heterocycles. The van der Waals surface area contributed by atoms with Crippen molar-refractivity contribution >= 4 is 17.6 Å². The molecular weight excluding hydrogens is 268 g/mol. The molecule has 1 heterocycles. The fourth-order valence-corrected chi connectivity index (χ4v) is 1.70. The molecule has 0 bridgehead atoms. The van der Waals surface area contributed by atoms with Crippen LogP contribution in [0.3, 0.4) is 0 Å². The highest BCUT2D eigenvalue weighted by atomic mass is 35.5. The van der Waals surface area contributed by atoms with Gasteiger partial charge in [-0.2, -0.15) is 4.98 Å². The fraction of sp³-hybridized carbons (Fsp3) is 0.154. The predicted octanol–water partition coefficient (Wildman–Crippen LogP) is 2.72. The third kappa shape index (κ3) is 3.66. The largest absolute Gasteiger partial charge is 0.477 e. The minimum absolute atomic E-state index is 0.0392. The lowest BCUT2D eigenvalue weighted by Crippen LogP contribution is -2.06. The molecule has 5 nitrogen and oxygen atoms in total. The molecule has 1 aromatic heterocycles. The van der Waals surface area contributed by atoms with Crippen molar-refractivity contribution in [3.63, 3.8) is 0 Å². The topological polar surface area (TPSA) is 72.3 Å². The van der Waals surface area contributed by atoms with E-state index in [0.717, 1.165) is 5.56 Å². The summed E-state index contributed by atoms with van der Waals surface area (Å²) in [5.41, 5.74) is 1.30. The average molecular weight is 279 g/mol. The molecule has 1 N–H and O–H groups in total. The van der Waals surface area contributed by atoms with E-state index in [2.05, 4.69) is 9.97 Å². The van der Waals surface area contributed by atoms with E-state index < -0.39 is 5.97 Å². The summed E-state index contributed by atoms with van der Waals surface area (Å²) in [7, 11) is 0. The normalized spacial score (nSPS) is 10.2. The molecule has 0 amide bonds. The first-order valence-corrected chi connectivity index (χ1v) is 5.88. The minimum atomic E-state index is -1.11. The molecule has 0 aliphatic rings. The van der Waals surface area contributed by atoms with Gasteiger partial charge in [0.25, 0.3) is 0 Å². The Morgan fingerprint density at radius 3 is 2.84 bits per heavy atom. The Balaban J connectivity index is 2.13. The van der Waals surface area contributed by atoms with E-state index >= 15 is 0 Å². The molecule has 0 aliphatic carbocycles. The van der Waals surface area contributed by atoms with Crippen LogP contribution < -0.4 is 4.74 Å². The molecule has 0 spiro atoms. The molecule has 19 heavy (non-hydrogen) atoms. The number of halogens is 1. The van der Waals surface area contributed by atoms with Crippen LogP contribution in [0.1, 0.15) is 21.7 Å². The summed E-state index contributed by atoms with van der Waals surface area (Å²) in [4.78, 5) is 18.7. The van der Waals surface area contributed by atoms with Crippen LogP contribution in [0.25, 0.3) is 0 Å². The average Bonchev–Trinajstić information content (AvgIpc) is 2.36. The summed E-state index contributed by atoms with van der Waals surface area (Å²) in [6, 6.07) is 8.60. The SMILES string of the molecule is Cc1cc(C(=O)O)nc(OCc2cccc(Cl)c2)n1. The number of hydrogen-bond acceptors (Lipinski definition) is 4. The van der Waals surface area contributed by atoms with Gasteiger partial charge in [0, 0.05) is 10.7 Å². The van der Waals surface area contributed by atoms with E-state index in [0.29, 0.717) is 10.7 Å². The van der Waals surface area contributed by atoms with Crippen LogP contribution in [0.5, 0.6) is 6.01 Å². The number of aromatic nitrogens is 2.